The molecule has 0 saturated heterocycles. The van der Waals surface area contributed by atoms with Crippen molar-refractivity contribution in [2.24, 2.45) is 0 Å². The van der Waals surface area contributed by atoms with E-state index >= 15 is 0 Å². The number of ether oxygens (including phenoxy) is 1. The van der Waals surface area contributed by atoms with Gasteiger partial charge in [0.05, 0.1) is 25.6 Å². The lowest BCUT2D eigenvalue weighted by Crippen LogP contribution is -2.25. The molecule has 0 amide bonds. The maximum absolute atomic E-state index is 11.4. The molecule has 0 fully saturated rings. The minimum atomic E-state index is -0.0485. The zero-order valence-electron chi connectivity index (χ0n) is 11.8. The van der Waals surface area contributed by atoms with Crippen molar-refractivity contribution >= 4 is 5.78 Å². The van der Waals surface area contributed by atoms with E-state index in [2.05, 4.69) is 6.07 Å². The molecule has 0 aliphatic carbocycles. The van der Waals surface area contributed by atoms with Crippen LogP contribution in [0.25, 0.3) is 0 Å². The zero-order valence-corrected chi connectivity index (χ0v) is 11.8. The van der Waals surface area contributed by atoms with E-state index in [9.17, 15) is 4.79 Å². The van der Waals surface area contributed by atoms with Crippen LogP contribution in [0.2, 0.25) is 0 Å². The molecular weight excluding hydrogens is 240 g/mol. The number of aryl methyl sites for hydroxylation is 1. The van der Waals surface area contributed by atoms with Crippen molar-refractivity contribution in [3.05, 3.63) is 29.3 Å². The molecule has 0 radical (unpaired) electrons. The molecule has 1 rings (SSSR count). The summed E-state index contributed by atoms with van der Waals surface area (Å²) in [5, 5.41) is 8.45. The molecule has 0 saturated carbocycles. The summed E-state index contributed by atoms with van der Waals surface area (Å²) in [5.41, 5.74) is 2.23. The van der Waals surface area contributed by atoms with Gasteiger partial charge in [-0.1, -0.05) is 12.1 Å². The van der Waals surface area contributed by atoms with Crippen molar-refractivity contribution in [2.45, 2.75) is 26.8 Å². The molecule has 4 nitrogen and oxygen atoms in total. The number of nitrogens with zero attached hydrogens (tertiary/aromatic N) is 2. The van der Waals surface area contributed by atoms with E-state index in [1.807, 2.05) is 44.0 Å². The molecule has 1 aromatic rings. The Morgan fingerprint density at radius 2 is 2.21 bits per heavy atom. The van der Waals surface area contributed by atoms with Gasteiger partial charge in [0.2, 0.25) is 0 Å². The summed E-state index contributed by atoms with van der Waals surface area (Å²) in [6.45, 7) is 5.62. The summed E-state index contributed by atoms with van der Waals surface area (Å²) in [5.74, 6) is 0.849. The van der Waals surface area contributed by atoms with Gasteiger partial charge in [-0.05, 0) is 38.1 Å². The second-order valence-electron chi connectivity index (χ2n) is 4.58. The maximum Gasteiger partial charge on any atom is 0.160 e. The van der Waals surface area contributed by atoms with Crippen LogP contribution in [0.15, 0.2) is 18.2 Å². The average Bonchev–Trinajstić information content (AvgIpc) is 2.32. The van der Waals surface area contributed by atoms with E-state index in [1.54, 1.807) is 0 Å². The van der Waals surface area contributed by atoms with Crippen molar-refractivity contribution in [3.63, 3.8) is 0 Å². The molecule has 0 bridgehead atoms. The second-order valence-corrected chi connectivity index (χ2v) is 4.58. The minimum absolute atomic E-state index is 0.0212. The first kappa shape index (κ1) is 15.2. The Balaban J connectivity index is 2.60. The Kier molecular flexibility index (Phi) is 6.04. The number of Topliss-reactive ketones (excluding diaryl/α,β-unsaturated/α-hetero) is 1. The topological polar surface area (TPSA) is 53.3 Å². The van der Waals surface area contributed by atoms with E-state index in [4.69, 9.17) is 10.00 Å². The van der Waals surface area contributed by atoms with Crippen LogP contribution in [-0.2, 0) is 11.3 Å². The number of likely N-dealkylation sites (N-methyl/N-ethyl adjacent to an activating group) is 1. The van der Waals surface area contributed by atoms with Gasteiger partial charge in [-0.15, -0.1) is 0 Å². The normalized spacial score (nSPS) is 10.3. The highest BCUT2D eigenvalue weighted by molar-refractivity contribution is 5.82. The Morgan fingerprint density at radius 3 is 2.79 bits per heavy atom. The highest BCUT2D eigenvalue weighted by atomic mass is 16.5. The fourth-order valence-electron chi connectivity index (χ4n) is 1.94. The molecule has 0 aromatic heterocycles. The van der Waals surface area contributed by atoms with Crippen molar-refractivity contribution in [1.82, 2.24) is 4.90 Å². The first-order valence-corrected chi connectivity index (χ1v) is 6.36. The number of carbonyl (C=O) groups excluding carboxylic acids is 1. The van der Waals surface area contributed by atoms with E-state index in [1.165, 1.54) is 0 Å². The molecule has 0 N–H and O–H groups in total. The van der Waals surface area contributed by atoms with Gasteiger partial charge in [-0.3, -0.25) is 9.69 Å². The highest BCUT2D eigenvalue weighted by Crippen LogP contribution is 2.19. The molecule has 102 valence electrons. The van der Waals surface area contributed by atoms with E-state index < -0.39 is 0 Å². The molecule has 19 heavy (non-hydrogen) atoms. The number of hydrogen-bond acceptors (Lipinski definition) is 4. The predicted molar refractivity (Wildman–Crippen MR) is 73.9 cm³/mol. The minimum Gasteiger partial charge on any atom is -0.494 e. The average molecular weight is 260 g/mol. The predicted octanol–water partition coefficient (Wildman–Crippen LogP) is 2.31. The number of rotatable bonds is 7. The van der Waals surface area contributed by atoms with Gasteiger partial charge in [0.1, 0.15) is 5.75 Å². The largest absolute Gasteiger partial charge is 0.494 e. The van der Waals surface area contributed by atoms with Crippen LogP contribution in [0.5, 0.6) is 5.75 Å². The van der Waals surface area contributed by atoms with E-state index in [0.29, 0.717) is 19.7 Å². The van der Waals surface area contributed by atoms with Crippen LogP contribution in [0.1, 0.15) is 24.5 Å². The third-order valence-electron chi connectivity index (χ3n) is 2.71. The Hall–Kier alpha value is -1.86. The van der Waals surface area contributed by atoms with E-state index in [0.717, 1.165) is 16.9 Å². The number of ketones is 1. The van der Waals surface area contributed by atoms with Gasteiger partial charge >= 0.3 is 0 Å². The Bertz CT molecular complexity index is 478. The third-order valence-corrected chi connectivity index (χ3v) is 2.71. The van der Waals surface area contributed by atoms with E-state index in [-0.39, 0.29) is 12.2 Å². The molecule has 1 aromatic carbocycles. The van der Waals surface area contributed by atoms with Crippen LogP contribution >= 0.6 is 0 Å². The lowest BCUT2D eigenvalue weighted by atomic mass is 10.1. The summed E-state index contributed by atoms with van der Waals surface area (Å²) >= 11 is 0. The van der Waals surface area contributed by atoms with Crippen molar-refractivity contribution in [1.29, 1.82) is 5.26 Å². The highest BCUT2D eigenvalue weighted by Gasteiger charge is 2.08. The zero-order chi connectivity index (χ0) is 14.3. The number of benzene rings is 1. The van der Waals surface area contributed by atoms with Crippen LogP contribution in [0.3, 0.4) is 0 Å². The monoisotopic (exact) mass is 260 g/mol. The molecule has 0 aliphatic rings. The fraction of sp³-hybridized carbons (Fsp3) is 0.467. The van der Waals surface area contributed by atoms with Gasteiger partial charge in [0, 0.05) is 6.54 Å². The molecule has 4 heteroatoms. The second kappa shape index (κ2) is 7.55. The van der Waals surface area contributed by atoms with Crippen molar-refractivity contribution in [3.8, 4) is 11.8 Å². The molecule has 0 atom stereocenters. The number of carbonyl (C=O) groups is 1. The standard InChI is InChI=1S/C15H20N2O2/c1-4-19-15-6-5-13(9-12(15)2)10-17(3)11-14(18)7-8-16/h5-6,9H,4,7,10-11H2,1-3H3. The smallest absolute Gasteiger partial charge is 0.160 e. The van der Waals surface area contributed by atoms with Crippen LogP contribution in [0, 0.1) is 18.3 Å². The summed E-state index contributed by atoms with van der Waals surface area (Å²) in [6, 6.07) is 7.90. The number of nitriles is 1. The summed E-state index contributed by atoms with van der Waals surface area (Å²) in [6.07, 6.45) is -0.0212. The summed E-state index contributed by atoms with van der Waals surface area (Å²) in [7, 11) is 1.88. The first-order valence-electron chi connectivity index (χ1n) is 6.36. The third kappa shape index (κ3) is 5.11. The van der Waals surface area contributed by atoms with Gasteiger partial charge in [0.15, 0.2) is 5.78 Å². The van der Waals surface area contributed by atoms with Gasteiger partial charge in [0.25, 0.3) is 0 Å². The lowest BCUT2D eigenvalue weighted by molar-refractivity contribution is -0.119. The van der Waals surface area contributed by atoms with Crippen LogP contribution in [0.4, 0.5) is 0 Å². The first-order chi connectivity index (χ1) is 9.06. The summed E-state index contributed by atoms with van der Waals surface area (Å²) in [4.78, 5) is 13.3. The van der Waals surface area contributed by atoms with Crippen LogP contribution < -0.4 is 4.74 Å². The molecular formula is C15H20N2O2. The molecule has 0 heterocycles. The summed E-state index contributed by atoms with van der Waals surface area (Å²) < 4.78 is 5.49. The quantitative estimate of drug-likeness (QED) is 0.755. The maximum atomic E-state index is 11.4. The van der Waals surface area contributed by atoms with Gasteiger partial charge < -0.3 is 4.74 Å². The van der Waals surface area contributed by atoms with Crippen molar-refractivity contribution < 1.29 is 9.53 Å². The molecule has 0 aliphatic heterocycles. The van der Waals surface area contributed by atoms with Crippen molar-refractivity contribution in [2.75, 3.05) is 20.2 Å². The van der Waals surface area contributed by atoms with Crippen LogP contribution in [-0.4, -0.2) is 30.9 Å². The number of hydrogen-bond donors (Lipinski definition) is 0. The van der Waals surface area contributed by atoms with Gasteiger partial charge in [-0.2, -0.15) is 5.26 Å². The molecule has 0 spiro atoms. The lowest BCUT2D eigenvalue weighted by Gasteiger charge is -2.16. The fourth-order valence-corrected chi connectivity index (χ4v) is 1.94. The Labute approximate surface area is 114 Å². The van der Waals surface area contributed by atoms with Gasteiger partial charge in [-0.25, -0.2) is 0 Å². The Morgan fingerprint density at radius 1 is 1.47 bits per heavy atom. The molecule has 0 unspecified atom stereocenters. The SMILES string of the molecule is CCOc1ccc(CN(C)CC(=O)CC#N)cc1C.